The molecule has 5 rings (SSSR count). The van der Waals surface area contributed by atoms with Crippen LogP contribution in [-0.2, 0) is 17.9 Å². The number of aromatic nitrogens is 1. The molecule has 0 radical (unpaired) electrons. The number of amides is 2. The van der Waals surface area contributed by atoms with Crippen LogP contribution >= 0.6 is 0 Å². The van der Waals surface area contributed by atoms with Crippen LogP contribution in [0.2, 0.25) is 0 Å². The van der Waals surface area contributed by atoms with Gasteiger partial charge in [0.25, 0.3) is 0 Å². The maximum atomic E-state index is 12.9. The van der Waals surface area contributed by atoms with Crippen LogP contribution in [0, 0.1) is 5.92 Å². The second-order valence-electron chi connectivity index (χ2n) is 8.32. The molecular formula is C22H27N3O3. The number of hydrogen-bond donors (Lipinski definition) is 0. The molecule has 3 heterocycles. The molecule has 2 atom stereocenters. The lowest BCUT2D eigenvalue weighted by Gasteiger charge is -2.28. The van der Waals surface area contributed by atoms with Gasteiger partial charge in [0.15, 0.2) is 0 Å². The van der Waals surface area contributed by atoms with Crippen LogP contribution in [0.5, 0.6) is 0 Å². The van der Waals surface area contributed by atoms with Gasteiger partial charge in [-0.25, -0.2) is 4.79 Å². The molecule has 0 spiro atoms. The fraction of sp³-hybridized carbons (Fsp3) is 0.545. The molecule has 148 valence electrons. The van der Waals surface area contributed by atoms with Crippen LogP contribution in [0.15, 0.2) is 40.9 Å². The van der Waals surface area contributed by atoms with Gasteiger partial charge in [0.2, 0.25) is 0 Å². The predicted octanol–water partition coefficient (Wildman–Crippen LogP) is 4.48. The highest BCUT2D eigenvalue weighted by atomic mass is 16.7. The van der Waals surface area contributed by atoms with E-state index in [1.807, 2.05) is 35.2 Å². The first-order chi connectivity index (χ1) is 13.8. The Bertz CT molecular complexity index is 817. The van der Waals surface area contributed by atoms with Crippen LogP contribution in [0.25, 0.3) is 0 Å². The van der Waals surface area contributed by atoms with Crippen LogP contribution < -0.4 is 0 Å². The maximum Gasteiger partial charge on any atom is 0.344 e. The summed E-state index contributed by atoms with van der Waals surface area (Å²) < 4.78 is 5.58. The molecule has 3 fully saturated rings. The number of urea groups is 1. The highest BCUT2D eigenvalue weighted by Gasteiger charge is 2.46. The van der Waals surface area contributed by atoms with Crippen molar-refractivity contribution in [1.29, 1.82) is 0 Å². The van der Waals surface area contributed by atoms with Crippen LogP contribution in [-0.4, -0.2) is 33.7 Å². The molecule has 0 unspecified atom stereocenters. The number of hydroxylamine groups is 2. The standard InChI is InChI=1S/C22H27N3O3/c26-22-24-14-18(25(22)27-15-17-5-2-1-3-6-17)10-12-21(24)20-13-19(28-23-20)11-9-16-7-4-8-16/h1-3,5-6,13,16,18,21H,4,7-12,14-15H2/t18-,21+/m1/s1. The normalized spacial score (nSPS) is 24.6. The molecule has 6 nitrogen and oxygen atoms in total. The van der Waals surface area contributed by atoms with Crippen molar-refractivity contribution in [2.24, 2.45) is 5.92 Å². The lowest BCUT2D eigenvalue weighted by molar-refractivity contribution is -0.140. The minimum atomic E-state index is -0.0533. The largest absolute Gasteiger partial charge is 0.361 e. The van der Waals surface area contributed by atoms with Crippen LogP contribution in [0.1, 0.15) is 61.6 Å². The van der Waals surface area contributed by atoms with Crippen molar-refractivity contribution in [3.8, 4) is 0 Å². The Morgan fingerprint density at radius 3 is 2.79 bits per heavy atom. The average molecular weight is 381 g/mol. The van der Waals surface area contributed by atoms with Crippen molar-refractivity contribution in [2.45, 2.75) is 63.6 Å². The summed E-state index contributed by atoms with van der Waals surface area (Å²) in [6, 6.07) is 12.1. The molecule has 0 N–H and O–H groups in total. The van der Waals surface area contributed by atoms with Crippen LogP contribution in [0.3, 0.4) is 0 Å². The first-order valence-corrected chi connectivity index (χ1v) is 10.5. The fourth-order valence-electron chi connectivity index (χ4n) is 4.56. The quantitative estimate of drug-likeness (QED) is 0.709. The Labute approximate surface area is 165 Å². The number of carbonyl (C=O) groups is 1. The van der Waals surface area contributed by atoms with Crippen molar-refractivity contribution in [2.75, 3.05) is 6.54 Å². The first kappa shape index (κ1) is 17.7. The number of hydrogen-bond acceptors (Lipinski definition) is 4. The van der Waals surface area contributed by atoms with Gasteiger partial charge in [0, 0.05) is 19.0 Å². The van der Waals surface area contributed by atoms with Gasteiger partial charge in [0.05, 0.1) is 12.1 Å². The van der Waals surface area contributed by atoms with E-state index in [4.69, 9.17) is 9.36 Å². The molecule has 3 aliphatic rings. The monoisotopic (exact) mass is 381 g/mol. The molecule has 1 aromatic carbocycles. The highest BCUT2D eigenvalue weighted by molar-refractivity contribution is 5.77. The van der Waals surface area contributed by atoms with Gasteiger partial charge in [0.1, 0.15) is 18.1 Å². The van der Waals surface area contributed by atoms with E-state index in [1.165, 1.54) is 25.7 Å². The number of aryl methyl sites for hydroxylation is 1. The van der Waals surface area contributed by atoms with Crippen molar-refractivity contribution in [1.82, 2.24) is 15.1 Å². The smallest absolute Gasteiger partial charge is 0.344 e. The number of rotatable bonds is 7. The Morgan fingerprint density at radius 2 is 2.00 bits per heavy atom. The minimum Gasteiger partial charge on any atom is -0.361 e. The summed E-state index contributed by atoms with van der Waals surface area (Å²) in [5.41, 5.74) is 1.95. The topological polar surface area (TPSA) is 58.8 Å². The summed E-state index contributed by atoms with van der Waals surface area (Å²) in [7, 11) is 0. The van der Waals surface area contributed by atoms with Crippen molar-refractivity contribution in [3.63, 3.8) is 0 Å². The van der Waals surface area contributed by atoms with Gasteiger partial charge in [-0.2, -0.15) is 5.06 Å². The second kappa shape index (κ2) is 7.59. The molecule has 1 saturated carbocycles. The highest BCUT2D eigenvalue weighted by Crippen LogP contribution is 2.38. The van der Waals surface area contributed by atoms with E-state index in [0.717, 1.165) is 42.2 Å². The third-order valence-electron chi connectivity index (χ3n) is 6.48. The zero-order valence-corrected chi connectivity index (χ0v) is 16.1. The number of carbonyl (C=O) groups excluding carboxylic acids is 1. The number of piperidine rings is 1. The number of benzene rings is 1. The van der Waals surface area contributed by atoms with E-state index in [9.17, 15) is 4.79 Å². The Kier molecular flexibility index (Phi) is 4.81. The SMILES string of the molecule is O=C1N2C[C@@H](CC[C@H]2c2cc(CCC3CCC3)on2)N1OCc1ccccc1. The molecule has 2 saturated heterocycles. The molecule has 2 aliphatic heterocycles. The molecule has 28 heavy (non-hydrogen) atoms. The lowest BCUT2D eigenvalue weighted by atomic mass is 9.82. The summed E-state index contributed by atoms with van der Waals surface area (Å²) >= 11 is 0. The molecule has 2 amide bonds. The summed E-state index contributed by atoms with van der Waals surface area (Å²) in [4.78, 5) is 20.7. The van der Waals surface area contributed by atoms with Crippen molar-refractivity contribution < 1.29 is 14.2 Å². The van der Waals surface area contributed by atoms with Crippen molar-refractivity contribution >= 4 is 6.03 Å². The van der Waals surface area contributed by atoms with E-state index in [2.05, 4.69) is 11.2 Å². The van der Waals surface area contributed by atoms with Gasteiger partial charge in [-0.15, -0.1) is 0 Å². The third kappa shape index (κ3) is 3.41. The Morgan fingerprint density at radius 1 is 1.14 bits per heavy atom. The Hall–Kier alpha value is -2.34. The third-order valence-corrected chi connectivity index (χ3v) is 6.48. The predicted molar refractivity (Wildman–Crippen MR) is 103 cm³/mol. The zero-order chi connectivity index (χ0) is 18.9. The zero-order valence-electron chi connectivity index (χ0n) is 16.1. The lowest BCUT2D eigenvalue weighted by Crippen LogP contribution is -2.34. The molecule has 2 bridgehead atoms. The minimum absolute atomic E-state index is 0.00437. The van der Waals surface area contributed by atoms with Gasteiger partial charge >= 0.3 is 6.03 Å². The molecule has 1 aliphatic carbocycles. The summed E-state index contributed by atoms with van der Waals surface area (Å²) in [6.45, 7) is 1.11. The van der Waals surface area contributed by atoms with Crippen LogP contribution in [0.4, 0.5) is 4.79 Å². The van der Waals surface area contributed by atoms with Crippen molar-refractivity contribution in [3.05, 3.63) is 53.4 Å². The maximum absolute atomic E-state index is 12.9. The number of fused-ring (bicyclic) bond motifs is 2. The molecule has 6 heteroatoms. The van der Waals surface area contributed by atoms with E-state index in [1.54, 1.807) is 5.06 Å². The van der Waals surface area contributed by atoms with E-state index in [-0.39, 0.29) is 18.1 Å². The summed E-state index contributed by atoms with van der Waals surface area (Å²) in [5.74, 6) is 1.81. The van der Waals surface area contributed by atoms with Gasteiger partial charge < -0.3 is 9.42 Å². The van der Waals surface area contributed by atoms with Gasteiger partial charge in [-0.05, 0) is 30.7 Å². The van der Waals surface area contributed by atoms with Gasteiger partial charge in [-0.1, -0.05) is 54.8 Å². The average Bonchev–Trinajstić information content (AvgIpc) is 3.24. The van der Waals surface area contributed by atoms with E-state index >= 15 is 0 Å². The van der Waals surface area contributed by atoms with Gasteiger partial charge in [-0.3, -0.25) is 4.84 Å². The van der Waals surface area contributed by atoms with E-state index in [0.29, 0.717) is 13.2 Å². The molecule has 2 aromatic rings. The fourth-order valence-corrected chi connectivity index (χ4v) is 4.56. The molecule has 1 aromatic heterocycles. The Balaban J connectivity index is 1.21. The van der Waals surface area contributed by atoms with E-state index < -0.39 is 0 Å². The first-order valence-electron chi connectivity index (χ1n) is 10.5. The molecular weight excluding hydrogens is 354 g/mol. The summed E-state index contributed by atoms with van der Waals surface area (Å²) in [5, 5.41) is 5.88. The number of nitrogens with zero attached hydrogens (tertiary/aromatic N) is 3. The summed E-state index contributed by atoms with van der Waals surface area (Å²) in [6.07, 6.45) is 8.04. The second-order valence-corrected chi connectivity index (χ2v) is 8.32.